The molecule has 94 valence electrons. The van der Waals surface area contributed by atoms with E-state index in [1.54, 1.807) is 0 Å². The van der Waals surface area contributed by atoms with E-state index in [4.69, 9.17) is 23.2 Å². The zero-order chi connectivity index (χ0) is 13.1. The van der Waals surface area contributed by atoms with Gasteiger partial charge in [0.25, 0.3) is 0 Å². The highest BCUT2D eigenvalue weighted by molar-refractivity contribution is 9.11. The molecule has 1 unspecified atom stereocenters. The molecule has 0 aliphatic rings. The lowest BCUT2D eigenvalue weighted by atomic mass is 10.0. The highest BCUT2D eigenvalue weighted by Gasteiger charge is 2.12. The summed E-state index contributed by atoms with van der Waals surface area (Å²) in [6.07, 6.45) is 0.752. The van der Waals surface area contributed by atoms with Crippen molar-refractivity contribution in [1.82, 2.24) is 0 Å². The van der Waals surface area contributed by atoms with Crippen LogP contribution in [0, 0.1) is 0 Å². The van der Waals surface area contributed by atoms with Crippen LogP contribution in [0.1, 0.15) is 16.5 Å². The van der Waals surface area contributed by atoms with Gasteiger partial charge in [-0.15, -0.1) is 11.6 Å². The smallest absolute Gasteiger partial charge is 0.0636 e. The van der Waals surface area contributed by atoms with Crippen LogP contribution in [0.5, 0.6) is 0 Å². The van der Waals surface area contributed by atoms with Crippen molar-refractivity contribution in [3.05, 3.63) is 67.6 Å². The summed E-state index contributed by atoms with van der Waals surface area (Å²) in [5, 5.41) is 0.664. The van der Waals surface area contributed by atoms with E-state index in [1.807, 2.05) is 42.5 Å². The molecular formula is C14H10Br2Cl2. The number of alkyl halides is 1. The molecule has 4 heteroatoms. The van der Waals surface area contributed by atoms with E-state index in [0.717, 1.165) is 31.5 Å². The maximum absolute atomic E-state index is 6.46. The maximum Gasteiger partial charge on any atom is 0.0636 e. The molecular weight excluding hydrogens is 399 g/mol. The molecule has 18 heavy (non-hydrogen) atoms. The summed E-state index contributed by atoms with van der Waals surface area (Å²) < 4.78 is 2.05. The molecule has 0 heterocycles. The lowest BCUT2D eigenvalue weighted by Gasteiger charge is -2.12. The first-order chi connectivity index (χ1) is 8.56. The topological polar surface area (TPSA) is 0 Å². The van der Waals surface area contributed by atoms with Gasteiger partial charge in [0.2, 0.25) is 0 Å². The first-order valence-corrected chi connectivity index (χ1v) is 7.80. The maximum atomic E-state index is 6.46. The SMILES string of the molecule is Clc1cccc(CC(Cl)c2ccc(Br)cc2Br)c1. The molecule has 0 N–H and O–H groups in total. The van der Waals surface area contributed by atoms with Crippen molar-refractivity contribution in [2.24, 2.45) is 0 Å². The van der Waals surface area contributed by atoms with Crippen molar-refractivity contribution < 1.29 is 0 Å². The Bertz CT molecular complexity index is 555. The van der Waals surface area contributed by atoms with Crippen LogP contribution in [0.2, 0.25) is 5.02 Å². The Labute approximate surface area is 134 Å². The van der Waals surface area contributed by atoms with Crippen molar-refractivity contribution in [3.63, 3.8) is 0 Å². The highest BCUT2D eigenvalue weighted by Crippen LogP contribution is 2.33. The van der Waals surface area contributed by atoms with Crippen LogP contribution in [0.25, 0.3) is 0 Å². The number of benzene rings is 2. The van der Waals surface area contributed by atoms with Crippen LogP contribution in [0.3, 0.4) is 0 Å². The Morgan fingerprint density at radius 2 is 1.83 bits per heavy atom. The van der Waals surface area contributed by atoms with Gasteiger partial charge in [0.1, 0.15) is 0 Å². The summed E-state index contributed by atoms with van der Waals surface area (Å²) in [5.41, 5.74) is 2.22. The lowest BCUT2D eigenvalue weighted by molar-refractivity contribution is 0.914. The Morgan fingerprint density at radius 3 is 2.50 bits per heavy atom. The molecule has 2 aromatic rings. The summed E-state index contributed by atoms with van der Waals surface area (Å²) in [5.74, 6) is 0. The zero-order valence-electron chi connectivity index (χ0n) is 9.34. The summed E-state index contributed by atoms with van der Waals surface area (Å²) in [6, 6.07) is 13.8. The van der Waals surface area contributed by atoms with Crippen LogP contribution in [-0.4, -0.2) is 0 Å². The van der Waals surface area contributed by atoms with Gasteiger partial charge < -0.3 is 0 Å². The fourth-order valence-corrected chi connectivity index (χ4v) is 3.77. The van der Waals surface area contributed by atoms with Gasteiger partial charge in [-0.25, -0.2) is 0 Å². The van der Waals surface area contributed by atoms with Gasteiger partial charge in [-0.3, -0.25) is 0 Å². The summed E-state index contributed by atoms with van der Waals surface area (Å²) in [6.45, 7) is 0. The number of hydrogen-bond acceptors (Lipinski definition) is 0. The molecule has 0 bridgehead atoms. The van der Waals surface area contributed by atoms with E-state index < -0.39 is 0 Å². The average Bonchev–Trinajstić information content (AvgIpc) is 2.28. The van der Waals surface area contributed by atoms with E-state index in [2.05, 4.69) is 31.9 Å². The number of hydrogen-bond donors (Lipinski definition) is 0. The third-order valence-electron chi connectivity index (χ3n) is 2.60. The van der Waals surface area contributed by atoms with E-state index in [9.17, 15) is 0 Å². The van der Waals surface area contributed by atoms with Crippen molar-refractivity contribution in [2.45, 2.75) is 11.8 Å². The average molecular weight is 409 g/mol. The molecule has 0 saturated heterocycles. The molecule has 0 aromatic heterocycles. The highest BCUT2D eigenvalue weighted by atomic mass is 79.9. The van der Waals surface area contributed by atoms with Gasteiger partial charge >= 0.3 is 0 Å². The minimum atomic E-state index is -0.0778. The molecule has 0 amide bonds. The van der Waals surface area contributed by atoms with Crippen molar-refractivity contribution >= 4 is 55.1 Å². The van der Waals surface area contributed by atoms with E-state index in [-0.39, 0.29) is 5.38 Å². The van der Waals surface area contributed by atoms with Crippen LogP contribution in [0.4, 0.5) is 0 Å². The first kappa shape index (κ1) is 14.4. The van der Waals surface area contributed by atoms with Crippen LogP contribution >= 0.6 is 55.1 Å². The quantitative estimate of drug-likeness (QED) is 0.516. The minimum absolute atomic E-state index is 0.0778. The monoisotopic (exact) mass is 406 g/mol. The predicted octanol–water partition coefficient (Wildman–Crippen LogP) is 6.39. The minimum Gasteiger partial charge on any atom is -0.117 e. The van der Waals surface area contributed by atoms with E-state index in [0.29, 0.717) is 0 Å². The van der Waals surface area contributed by atoms with Gasteiger partial charge in [0.05, 0.1) is 5.38 Å². The fraction of sp³-hybridized carbons (Fsp3) is 0.143. The van der Waals surface area contributed by atoms with Crippen molar-refractivity contribution in [1.29, 1.82) is 0 Å². The molecule has 0 saturated carbocycles. The first-order valence-electron chi connectivity index (χ1n) is 5.40. The standard InChI is InChI=1S/C14H10Br2Cl2/c15-10-4-5-12(13(16)8-10)14(18)7-9-2-1-3-11(17)6-9/h1-6,8,14H,7H2. The summed E-state index contributed by atoms with van der Waals surface area (Å²) in [7, 11) is 0. The fourth-order valence-electron chi connectivity index (χ4n) is 1.74. The molecule has 0 fully saturated rings. The molecule has 0 aliphatic heterocycles. The van der Waals surface area contributed by atoms with Crippen LogP contribution < -0.4 is 0 Å². The Balaban J connectivity index is 2.19. The third-order valence-corrected chi connectivity index (χ3v) is 4.41. The Kier molecular flexibility index (Phi) is 5.14. The molecule has 2 aromatic carbocycles. The zero-order valence-corrected chi connectivity index (χ0v) is 14.0. The molecule has 0 radical (unpaired) electrons. The molecule has 1 atom stereocenters. The number of halogens is 4. The lowest BCUT2D eigenvalue weighted by Crippen LogP contribution is -1.97. The summed E-state index contributed by atoms with van der Waals surface area (Å²) >= 11 is 19.4. The molecule has 0 nitrogen and oxygen atoms in total. The van der Waals surface area contributed by atoms with Gasteiger partial charge in [-0.05, 0) is 41.8 Å². The largest absolute Gasteiger partial charge is 0.117 e. The van der Waals surface area contributed by atoms with Gasteiger partial charge in [-0.1, -0.05) is 61.7 Å². The molecule has 0 aliphatic carbocycles. The second-order valence-electron chi connectivity index (χ2n) is 3.97. The Hall–Kier alpha value is -0.0200. The number of rotatable bonds is 3. The van der Waals surface area contributed by atoms with E-state index in [1.165, 1.54) is 0 Å². The normalized spacial score (nSPS) is 12.4. The van der Waals surface area contributed by atoms with Gasteiger partial charge in [0.15, 0.2) is 0 Å². The van der Waals surface area contributed by atoms with Crippen LogP contribution in [-0.2, 0) is 6.42 Å². The second-order valence-corrected chi connectivity index (χ2v) is 6.70. The molecule has 0 spiro atoms. The Morgan fingerprint density at radius 1 is 1.06 bits per heavy atom. The molecule has 2 rings (SSSR count). The third kappa shape index (κ3) is 3.74. The van der Waals surface area contributed by atoms with E-state index >= 15 is 0 Å². The second kappa shape index (κ2) is 6.42. The van der Waals surface area contributed by atoms with Gasteiger partial charge in [-0.2, -0.15) is 0 Å². The predicted molar refractivity (Wildman–Crippen MR) is 85.6 cm³/mol. The van der Waals surface area contributed by atoms with Crippen LogP contribution in [0.15, 0.2) is 51.4 Å². The van der Waals surface area contributed by atoms with Gasteiger partial charge in [0, 0.05) is 14.0 Å². The summed E-state index contributed by atoms with van der Waals surface area (Å²) in [4.78, 5) is 0. The van der Waals surface area contributed by atoms with Crippen molar-refractivity contribution in [2.75, 3.05) is 0 Å². The van der Waals surface area contributed by atoms with Crippen molar-refractivity contribution in [3.8, 4) is 0 Å².